The second-order valence-corrected chi connectivity index (χ2v) is 5.64. The number of nitrogens with one attached hydrogen (secondary N) is 1. The van der Waals surface area contributed by atoms with Gasteiger partial charge in [-0.2, -0.15) is 4.37 Å². The Morgan fingerprint density at radius 2 is 2.05 bits per heavy atom. The molecular formula is C15H16N2O3S. The Morgan fingerprint density at radius 1 is 1.29 bits per heavy atom. The van der Waals surface area contributed by atoms with Crippen LogP contribution < -0.4 is 14.8 Å². The van der Waals surface area contributed by atoms with Crippen molar-refractivity contribution in [3.05, 3.63) is 29.5 Å². The molecule has 0 atom stereocenters. The zero-order valence-corrected chi connectivity index (χ0v) is 12.8. The summed E-state index contributed by atoms with van der Waals surface area (Å²) in [5, 5.41) is 4.00. The number of hydrogen-bond acceptors (Lipinski definition) is 6. The van der Waals surface area contributed by atoms with Gasteiger partial charge in [0, 0.05) is 18.2 Å². The van der Waals surface area contributed by atoms with Gasteiger partial charge in [0.1, 0.15) is 5.00 Å². The van der Waals surface area contributed by atoms with E-state index in [0.717, 1.165) is 34.3 Å². The van der Waals surface area contributed by atoms with Gasteiger partial charge in [0.25, 0.3) is 0 Å². The highest BCUT2D eigenvalue weighted by Crippen LogP contribution is 2.35. The fourth-order valence-corrected chi connectivity index (χ4v) is 3.11. The Balaban J connectivity index is 1.89. The summed E-state index contributed by atoms with van der Waals surface area (Å²) in [4.78, 5) is 11.7. The first kappa shape index (κ1) is 13.9. The van der Waals surface area contributed by atoms with Crippen molar-refractivity contribution in [2.24, 2.45) is 0 Å². The van der Waals surface area contributed by atoms with E-state index >= 15 is 0 Å². The Kier molecular flexibility index (Phi) is 3.79. The van der Waals surface area contributed by atoms with Crippen LogP contribution in [0.5, 0.6) is 11.5 Å². The highest BCUT2D eigenvalue weighted by atomic mass is 32.1. The van der Waals surface area contributed by atoms with E-state index < -0.39 is 0 Å². The molecule has 0 amide bonds. The van der Waals surface area contributed by atoms with E-state index in [4.69, 9.17) is 9.47 Å². The lowest BCUT2D eigenvalue weighted by atomic mass is 10.2. The molecule has 21 heavy (non-hydrogen) atoms. The quantitative estimate of drug-likeness (QED) is 0.879. The number of rotatable bonds is 3. The summed E-state index contributed by atoms with van der Waals surface area (Å²) in [5.74, 6) is 1.49. The molecule has 1 aromatic carbocycles. The average Bonchev–Trinajstić information content (AvgIpc) is 2.68. The van der Waals surface area contributed by atoms with Crippen molar-refractivity contribution in [2.45, 2.75) is 20.3 Å². The van der Waals surface area contributed by atoms with Gasteiger partial charge >= 0.3 is 0 Å². The van der Waals surface area contributed by atoms with Crippen LogP contribution in [0.3, 0.4) is 0 Å². The van der Waals surface area contributed by atoms with E-state index in [2.05, 4.69) is 9.69 Å². The second kappa shape index (κ2) is 5.73. The van der Waals surface area contributed by atoms with Crippen molar-refractivity contribution in [3.8, 4) is 11.5 Å². The monoisotopic (exact) mass is 304 g/mol. The van der Waals surface area contributed by atoms with E-state index in [0.29, 0.717) is 18.8 Å². The smallest absolute Gasteiger partial charge is 0.164 e. The molecular weight excluding hydrogens is 288 g/mol. The molecule has 0 saturated carbocycles. The summed E-state index contributed by atoms with van der Waals surface area (Å²) in [6, 6.07) is 5.68. The minimum absolute atomic E-state index is 0.0121. The molecule has 1 aliphatic heterocycles. The lowest BCUT2D eigenvalue weighted by Gasteiger charge is -2.10. The van der Waals surface area contributed by atoms with Gasteiger partial charge < -0.3 is 14.8 Å². The number of ether oxygens (including phenoxy) is 2. The number of Topliss-reactive ketones (excluding diaryl/α,β-unsaturated/α-hetero) is 1. The molecule has 2 heterocycles. The molecule has 2 aromatic rings. The molecule has 1 N–H and O–H groups in total. The van der Waals surface area contributed by atoms with Crippen molar-refractivity contribution in [3.63, 3.8) is 0 Å². The Morgan fingerprint density at radius 3 is 2.81 bits per heavy atom. The maximum atomic E-state index is 11.7. The molecule has 5 nitrogen and oxygen atoms in total. The minimum atomic E-state index is 0.0121. The SMILES string of the molecule is CC(=O)c1c(C)nsc1Nc1ccc2c(c1)OCCCO2. The van der Waals surface area contributed by atoms with Gasteiger partial charge in [0.15, 0.2) is 17.3 Å². The normalized spacial score (nSPS) is 13.6. The van der Waals surface area contributed by atoms with Gasteiger partial charge in [0.05, 0.1) is 24.5 Å². The summed E-state index contributed by atoms with van der Waals surface area (Å²) in [6.07, 6.45) is 0.875. The third-order valence-corrected chi connectivity index (χ3v) is 4.07. The molecule has 3 rings (SSSR count). The fourth-order valence-electron chi connectivity index (χ4n) is 2.24. The summed E-state index contributed by atoms with van der Waals surface area (Å²) < 4.78 is 15.5. The Hall–Kier alpha value is -2.08. The van der Waals surface area contributed by atoms with Crippen LogP contribution in [0, 0.1) is 6.92 Å². The van der Waals surface area contributed by atoms with Crippen LogP contribution in [0.2, 0.25) is 0 Å². The van der Waals surface area contributed by atoms with Gasteiger partial charge in [-0.05, 0) is 37.5 Å². The maximum Gasteiger partial charge on any atom is 0.164 e. The number of hydrogen-bond donors (Lipinski definition) is 1. The van der Waals surface area contributed by atoms with E-state index in [1.807, 2.05) is 25.1 Å². The average molecular weight is 304 g/mol. The van der Waals surface area contributed by atoms with Gasteiger partial charge in [-0.1, -0.05) is 0 Å². The second-order valence-electron chi connectivity index (χ2n) is 4.87. The number of aryl methyl sites for hydroxylation is 1. The molecule has 1 aliphatic rings. The minimum Gasteiger partial charge on any atom is -0.490 e. The van der Waals surface area contributed by atoms with Gasteiger partial charge in [-0.3, -0.25) is 4.79 Å². The Labute approximate surface area is 127 Å². The number of nitrogens with zero attached hydrogens (tertiary/aromatic N) is 1. The first-order chi connectivity index (χ1) is 10.1. The summed E-state index contributed by atoms with van der Waals surface area (Å²) in [5.41, 5.74) is 2.25. The number of anilines is 2. The highest BCUT2D eigenvalue weighted by Gasteiger charge is 2.16. The zero-order valence-electron chi connectivity index (χ0n) is 11.9. The van der Waals surface area contributed by atoms with E-state index in [-0.39, 0.29) is 5.78 Å². The molecule has 6 heteroatoms. The first-order valence-corrected chi connectivity index (χ1v) is 7.56. The van der Waals surface area contributed by atoms with E-state index in [1.54, 1.807) is 6.92 Å². The van der Waals surface area contributed by atoms with Crippen molar-refractivity contribution in [1.29, 1.82) is 0 Å². The van der Waals surface area contributed by atoms with Crippen LogP contribution in [-0.2, 0) is 0 Å². The third-order valence-electron chi connectivity index (χ3n) is 3.22. The number of aromatic nitrogens is 1. The molecule has 0 spiro atoms. The standard InChI is InChI=1S/C15H16N2O3S/c1-9-14(10(2)18)15(21-17-9)16-11-4-5-12-13(8-11)20-7-3-6-19-12/h4-5,8,16H,3,6-7H2,1-2H3. The predicted molar refractivity (Wildman–Crippen MR) is 82.2 cm³/mol. The van der Waals surface area contributed by atoms with E-state index in [1.165, 1.54) is 11.5 Å². The number of carbonyl (C=O) groups is 1. The molecule has 0 radical (unpaired) electrons. The molecule has 0 bridgehead atoms. The third kappa shape index (κ3) is 2.85. The summed E-state index contributed by atoms with van der Waals surface area (Å²) in [6.45, 7) is 4.71. The fraction of sp³-hybridized carbons (Fsp3) is 0.333. The van der Waals surface area contributed by atoms with Crippen molar-refractivity contribution >= 4 is 28.0 Å². The summed E-state index contributed by atoms with van der Waals surface area (Å²) >= 11 is 1.29. The number of benzene rings is 1. The molecule has 0 saturated heterocycles. The largest absolute Gasteiger partial charge is 0.490 e. The number of carbonyl (C=O) groups excluding carboxylic acids is 1. The van der Waals surface area contributed by atoms with Crippen molar-refractivity contribution < 1.29 is 14.3 Å². The van der Waals surface area contributed by atoms with Crippen LogP contribution in [-0.4, -0.2) is 23.4 Å². The van der Waals surface area contributed by atoms with Gasteiger partial charge in [-0.15, -0.1) is 0 Å². The zero-order chi connectivity index (χ0) is 14.8. The Bertz CT molecular complexity index is 682. The maximum absolute atomic E-state index is 11.7. The topological polar surface area (TPSA) is 60.5 Å². The molecule has 0 unspecified atom stereocenters. The van der Waals surface area contributed by atoms with Crippen molar-refractivity contribution in [1.82, 2.24) is 4.37 Å². The first-order valence-electron chi connectivity index (χ1n) is 6.79. The molecule has 0 fully saturated rings. The molecule has 0 aliphatic carbocycles. The van der Waals surface area contributed by atoms with Crippen LogP contribution >= 0.6 is 11.5 Å². The van der Waals surface area contributed by atoms with Crippen LogP contribution in [0.15, 0.2) is 18.2 Å². The number of ketones is 1. The van der Waals surface area contributed by atoms with Crippen molar-refractivity contribution in [2.75, 3.05) is 18.5 Å². The lowest BCUT2D eigenvalue weighted by molar-refractivity contribution is 0.101. The van der Waals surface area contributed by atoms with E-state index in [9.17, 15) is 4.79 Å². The summed E-state index contributed by atoms with van der Waals surface area (Å²) in [7, 11) is 0. The van der Waals surface area contributed by atoms with Crippen LogP contribution in [0.25, 0.3) is 0 Å². The van der Waals surface area contributed by atoms with Crippen LogP contribution in [0.1, 0.15) is 29.4 Å². The lowest BCUT2D eigenvalue weighted by Crippen LogP contribution is -1.99. The number of fused-ring (bicyclic) bond motifs is 1. The van der Waals surface area contributed by atoms with Gasteiger partial charge in [0.2, 0.25) is 0 Å². The molecule has 110 valence electrons. The van der Waals surface area contributed by atoms with Crippen LogP contribution in [0.4, 0.5) is 10.7 Å². The van der Waals surface area contributed by atoms with Gasteiger partial charge in [-0.25, -0.2) is 0 Å². The highest BCUT2D eigenvalue weighted by molar-refractivity contribution is 7.10. The predicted octanol–water partition coefficient (Wildman–Crippen LogP) is 3.56. The molecule has 1 aromatic heterocycles.